The summed E-state index contributed by atoms with van der Waals surface area (Å²) in [6.45, 7) is 6.64. The smallest absolute Gasteiger partial charge is 0.206 e. The summed E-state index contributed by atoms with van der Waals surface area (Å²) in [5.41, 5.74) is 4.32. The van der Waals surface area contributed by atoms with Crippen molar-refractivity contribution in [3.05, 3.63) is 46.2 Å². The van der Waals surface area contributed by atoms with Crippen LogP contribution in [0.25, 0.3) is 15.4 Å². The van der Waals surface area contributed by atoms with Gasteiger partial charge in [0.1, 0.15) is 5.00 Å². The van der Waals surface area contributed by atoms with Crippen molar-refractivity contribution < 1.29 is 0 Å². The molecule has 3 aromatic rings. The van der Waals surface area contributed by atoms with Gasteiger partial charge in [0.15, 0.2) is 5.16 Å². The van der Waals surface area contributed by atoms with Crippen LogP contribution in [0.2, 0.25) is 0 Å². The summed E-state index contributed by atoms with van der Waals surface area (Å²) in [5, 5.41) is 11.0. The molecule has 1 aliphatic carbocycles. The molecular weight excluding hydrogens is 426 g/mol. The largest absolute Gasteiger partial charge is 0.255 e. The van der Waals surface area contributed by atoms with Gasteiger partial charge in [-0.1, -0.05) is 62.9 Å². The fourth-order valence-electron chi connectivity index (χ4n) is 3.38. The summed E-state index contributed by atoms with van der Waals surface area (Å²) in [4.78, 5) is 1.41. The van der Waals surface area contributed by atoms with Crippen LogP contribution in [0.4, 0.5) is 0 Å². The van der Waals surface area contributed by atoms with Gasteiger partial charge in [0, 0.05) is 9.62 Å². The topological polar surface area (TPSA) is 30.7 Å². The van der Waals surface area contributed by atoms with Gasteiger partial charge >= 0.3 is 0 Å². The molecule has 1 aromatic carbocycles. The lowest BCUT2D eigenvalue weighted by Crippen LogP contribution is -2.10. The normalized spacial score (nSPS) is 14.5. The number of aromatic nitrogens is 3. The third-order valence-corrected chi connectivity index (χ3v) is 7.31. The van der Waals surface area contributed by atoms with Crippen molar-refractivity contribution in [2.75, 3.05) is 0 Å². The van der Waals surface area contributed by atoms with Gasteiger partial charge in [-0.2, -0.15) is 0 Å². The van der Waals surface area contributed by atoms with E-state index in [1.54, 1.807) is 11.8 Å². The molecule has 2 heterocycles. The summed E-state index contributed by atoms with van der Waals surface area (Å²) in [5.74, 6) is 0. The van der Waals surface area contributed by atoms with Gasteiger partial charge in [0.2, 0.25) is 4.73 Å². The SMILES string of the molecule is CC(C)(C)Sc1nnc(Br)n1-c1sc(-c2ccccc2)c2c1CCCC2. The van der Waals surface area contributed by atoms with Crippen LogP contribution in [0.5, 0.6) is 0 Å². The van der Waals surface area contributed by atoms with Crippen LogP contribution in [-0.4, -0.2) is 19.5 Å². The molecule has 0 saturated carbocycles. The molecule has 136 valence electrons. The first-order valence-corrected chi connectivity index (χ1v) is 11.4. The highest BCUT2D eigenvalue weighted by molar-refractivity contribution is 9.10. The molecule has 0 amide bonds. The van der Waals surface area contributed by atoms with Gasteiger partial charge < -0.3 is 0 Å². The molecule has 0 atom stereocenters. The van der Waals surface area contributed by atoms with E-state index in [2.05, 4.69) is 81.8 Å². The molecule has 0 radical (unpaired) electrons. The Morgan fingerprint density at radius 2 is 1.73 bits per heavy atom. The molecule has 0 fully saturated rings. The molecule has 26 heavy (non-hydrogen) atoms. The maximum atomic E-state index is 4.44. The lowest BCUT2D eigenvalue weighted by Gasteiger charge is -2.18. The lowest BCUT2D eigenvalue weighted by molar-refractivity contribution is 0.684. The molecule has 0 unspecified atom stereocenters. The van der Waals surface area contributed by atoms with Crippen molar-refractivity contribution in [2.45, 2.75) is 56.4 Å². The fourth-order valence-corrected chi connectivity index (χ4v) is 6.40. The molecule has 4 rings (SSSR count). The van der Waals surface area contributed by atoms with Gasteiger partial charge in [-0.25, -0.2) is 0 Å². The molecule has 0 N–H and O–H groups in total. The summed E-state index contributed by atoms with van der Waals surface area (Å²) in [6.07, 6.45) is 4.83. The summed E-state index contributed by atoms with van der Waals surface area (Å²) < 4.78 is 3.08. The minimum atomic E-state index is 0.0871. The number of fused-ring (bicyclic) bond motifs is 1. The third-order valence-electron chi connectivity index (χ3n) is 4.43. The summed E-state index contributed by atoms with van der Waals surface area (Å²) in [6, 6.07) is 10.8. The highest BCUT2D eigenvalue weighted by Crippen LogP contribution is 2.45. The van der Waals surface area contributed by atoms with Crippen LogP contribution < -0.4 is 0 Å². The van der Waals surface area contributed by atoms with Crippen LogP contribution >= 0.6 is 39.0 Å². The van der Waals surface area contributed by atoms with E-state index in [9.17, 15) is 0 Å². The number of thioether (sulfide) groups is 1. The average Bonchev–Trinajstić information content (AvgIpc) is 3.15. The Hall–Kier alpha value is -1.11. The molecule has 0 saturated heterocycles. The number of hydrogen-bond donors (Lipinski definition) is 0. The second kappa shape index (κ2) is 7.13. The van der Waals surface area contributed by atoms with Crippen molar-refractivity contribution >= 4 is 39.0 Å². The Balaban J connectivity index is 1.89. The molecule has 3 nitrogen and oxygen atoms in total. The number of thiophene rings is 1. The number of hydrogen-bond acceptors (Lipinski definition) is 4. The van der Waals surface area contributed by atoms with E-state index < -0.39 is 0 Å². The molecule has 1 aliphatic rings. The zero-order valence-corrected chi connectivity index (χ0v) is 18.5. The second-order valence-corrected chi connectivity index (χ2v) is 11.1. The van der Waals surface area contributed by atoms with Gasteiger partial charge in [-0.3, -0.25) is 4.57 Å². The standard InChI is InChI=1S/C20H22BrN3S2/c1-20(2,3)26-19-23-22-18(21)24(19)17-15-12-8-7-11-14(15)16(25-17)13-9-5-4-6-10-13/h4-6,9-10H,7-8,11-12H2,1-3H3. The van der Waals surface area contributed by atoms with Gasteiger partial charge in [0.05, 0.1) is 0 Å². The molecular formula is C20H22BrN3S2. The van der Waals surface area contributed by atoms with Gasteiger partial charge in [0.25, 0.3) is 0 Å². The van der Waals surface area contributed by atoms with Crippen molar-refractivity contribution in [3.63, 3.8) is 0 Å². The monoisotopic (exact) mass is 447 g/mol. The van der Waals surface area contributed by atoms with Crippen LogP contribution in [0, 0.1) is 0 Å². The average molecular weight is 448 g/mol. The van der Waals surface area contributed by atoms with E-state index in [0.717, 1.165) is 22.7 Å². The Bertz CT molecular complexity index is 923. The van der Waals surface area contributed by atoms with E-state index in [4.69, 9.17) is 0 Å². The molecule has 0 spiro atoms. The van der Waals surface area contributed by atoms with Crippen molar-refractivity contribution in [1.82, 2.24) is 14.8 Å². The maximum absolute atomic E-state index is 4.44. The predicted octanol–water partition coefficient (Wildman–Crippen LogP) is 6.53. The van der Waals surface area contributed by atoms with E-state index in [0.29, 0.717) is 0 Å². The number of halogens is 1. The molecule has 6 heteroatoms. The Labute approximate surface area is 171 Å². The third kappa shape index (κ3) is 3.51. The highest BCUT2D eigenvalue weighted by Gasteiger charge is 2.27. The first-order valence-electron chi connectivity index (χ1n) is 8.94. The minimum absolute atomic E-state index is 0.0871. The van der Waals surface area contributed by atoms with E-state index in [-0.39, 0.29) is 4.75 Å². The molecule has 0 bridgehead atoms. The van der Waals surface area contributed by atoms with E-state index in [1.807, 2.05) is 11.3 Å². The van der Waals surface area contributed by atoms with Crippen LogP contribution in [0.15, 0.2) is 40.2 Å². The molecule has 2 aromatic heterocycles. The maximum Gasteiger partial charge on any atom is 0.206 e. The number of nitrogens with zero attached hydrogens (tertiary/aromatic N) is 3. The van der Waals surface area contributed by atoms with Gasteiger partial charge in [-0.15, -0.1) is 21.5 Å². The number of rotatable bonds is 3. The highest BCUT2D eigenvalue weighted by atomic mass is 79.9. The predicted molar refractivity (Wildman–Crippen MR) is 115 cm³/mol. The second-order valence-electron chi connectivity index (χ2n) is 7.57. The Morgan fingerprint density at radius 1 is 1.04 bits per heavy atom. The van der Waals surface area contributed by atoms with E-state index >= 15 is 0 Å². The Kier molecular flexibility index (Phi) is 5.01. The van der Waals surface area contributed by atoms with Crippen molar-refractivity contribution in [2.24, 2.45) is 0 Å². The van der Waals surface area contributed by atoms with Gasteiger partial charge in [-0.05, 0) is 58.3 Å². The zero-order chi connectivity index (χ0) is 18.3. The fraction of sp³-hybridized carbons (Fsp3) is 0.400. The summed E-state index contributed by atoms with van der Waals surface area (Å²) in [7, 11) is 0. The van der Waals surface area contributed by atoms with Crippen molar-refractivity contribution in [1.29, 1.82) is 0 Å². The zero-order valence-electron chi connectivity index (χ0n) is 15.3. The Morgan fingerprint density at radius 3 is 2.42 bits per heavy atom. The number of benzene rings is 1. The summed E-state index contributed by atoms with van der Waals surface area (Å²) >= 11 is 7.28. The van der Waals surface area contributed by atoms with Crippen LogP contribution in [-0.2, 0) is 12.8 Å². The van der Waals surface area contributed by atoms with Crippen LogP contribution in [0.3, 0.4) is 0 Å². The minimum Gasteiger partial charge on any atom is -0.255 e. The first-order chi connectivity index (χ1) is 12.4. The quantitative estimate of drug-likeness (QED) is 0.427. The van der Waals surface area contributed by atoms with E-state index in [1.165, 1.54) is 39.4 Å². The lowest BCUT2D eigenvalue weighted by atomic mass is 9.91. The van der Waals surface area contributed by atoms with Crippen LogP contribution in [0.1, 0.15) is 44.7 Å². The molecule has 0 aliphatic heterocycles. The first kappa shape index (κ1) is 18.3. The van der Waals surface area contributed by atoms with Crippen molar-refractivity contribution in [3.8, 4) is 15.4 Å².